The smallest absolute Gasteiger partial charge is 0.337 e. The van der Waals surface area contributed by atoms with Gasteiger partial charge in [-0.1, -0.05) is 12.1 Å². The van der Waals surface area contributed by atoms with Gasteiger partial charge >= 0.3 is 5.97 Å². The van der Waals surface area contributed by atoms with E-state index in [-0.39, 0.29) is 18.5 Å². The maximum Gasteiger partial charge on any atom is 0.337 e. The fraction of sp³-hybridized carbons (Fsp3) is 0.273. The molecule has 2 aromatic heterocycles. The van der Waals surface area contributed by atoms with Gasteiger partial charge in [-0.2, -0.15) is 0 Å². The molecule has 1 aliphatic heterocycles. The Kier molecular flexibility index (Phi) is 7.29. The molecule has 0 aliphatic carbocycles. The molecule has 0 saturated carbocycles. The number of benzene rings is 1. The number of nitrogens with zero attached hydrogens (tertiary/aromatic N) is 3. The quantitative estimate of drug-likeness (QED) is 0.510. The van der Waals surface area contributed by atoms with Gasteiger partial charge < -0.3 is 19.1 Å². The van der Waals surface area contributed by atoms with Gasteiger partial charge in [-0.25, -0.2) is 9.78 Å². The van der Waals surface area contributed by atoms with Crippen LogP contribution >= 0.6 is 0 Å². The second-order valence-electron chi connectivity index (χ2n) is 6.76. The summed E-state index contributed by atoms with van der Waals surface area (Å²) in [4.78, 5) is 28.6. The second-order valence-corrected chi connectivity index (χ2v) is 6.76. The molecule has 30 heavy (non-hydrogen) atoms. The topological polar surface area (TPSA) is 104 Å². The molecular weight excluding hydrogens is 386 g/mol. The van der Waals surface area contributed by atoms with E-state index in [1.54, 1.807) is 12.1 Å². The van der Waals surface area contributed by atoms with Crippen molar-refractivity contribution in [3.05, 3.63) is 72.3 Å². The summed E-state index contributed by atoms with van der Waals surface area (Å²) in [5.41, 5.74) is 2.75. The highest BCUT2D eigenvalue weighted by Crippen LogP contribution is 2.32. The number of hydrogen-bond donors (Lipinski definition) is 1. The number of pyridine rings is 1. The molecule has 1 aromatic carbocycles. The fourth-order valence-corrected chi connectivity index (χ4v) is 3.59. The van der Waals surface area contributed by atoms with Crippen LogP contribution in [0.25, 0.3) is 11.4 Å². The SMILES string of the molecule is COC(=O)c1ccc(-c2nccn2[C@@H]2COC[C@@H]2Cc2ccncc2)cc1.O=CO. The van der Waals surface area contributed by atoms with E-state index in [2.05, 4.69) is 26.7 Å². The molecule has 8 heteroatoms. The summed E-state index contributed by atoms with van der Waals surface area (Å²) in [6.45, 7) is 1.14. The molecule has 1 saturated heterocycles. The fourth-order valence-electron chi connectivity index (χ4n) is 3.59. The molecule has 3 aromatic rings. The first-order valence-electron chi connectivity index (χ1n) is 9.44. The van der Waals surface area contributed by atoms with Gasteiger partial charge in [-0.05, 0) is 36.2 Å². The van der Waals surface area contributed by atoms with Crippen molar-refractivity contribution in [2.75, 3.05) is 20.3 Å². The summed E-state index contributed by atoms with van der Waals surface area (Å²) >= 11 is 0. The van der Waals surface area contributed by atoms with E-state index >= 15 is 0 Å². The minimum absolute atomic E-state index is 0.218. The van der Waals surface area contributed by atoms with Gasteiger partial charge in [0.1, 0.15) is 5.82 Å². The van der Waals surface area contributed by atoms with E-state index in [0.29, 0.717) is 18.1 Å². The molecule has 3 heterocycles. The number of aromatic nitrogens is 3. The van der Waals surface area contributed by atoms with Crippen molar-refractivity contribution >= 4 is 12.4 Å². The average Bonchev–Trinajstić information content (AvgIpc) is 3.44. The van der Waals surface area contributed by atoms with E-state index in [1.807, 2.05) is 36.9 Å². The van der Waals surface area contributed by atoms with Gasteiger partial charge in [0.15, 0.2) is 0 Å². The van der Waals surface area contributed by atoms with Gasteiger partial charge in [0, 0.05) is 36.3 Å². The molecule has 0 unspecified atom stereocenters. The summed E-state index contributed by atoms with van der Waals surface area (Å²) in [6, 6.07) is 11.7. The van der Waals surface area contributed by atoms with Crippen LogP contribution in [0.3, 0.4) is 0 Å². The molecule has 1 aliphatic rings. The van der Waals surface area contributed by atoms with Crippen molar-refractivity contribution in [1.82, 2.24) is 14.5 Å². The van der Waals surface area contributed by atoms with Crippen LogP contribution in [0.5, 0.6) is 0 Å². The summed E-state index contributed by atoms with van der Waals surface area (Å²) in [7, 11) is 1.38. The number of esters is 1. The van der Waals surface area contributed by atoms with Crippen molar-refractivity contribution in [3.8, 4) is 11.4 Å². The zero-order valence-corrected chi connectivity index (χ0v) is 16.5. The zero-order valence-electron chi connectivity index (χ0n) is 16.5. The number of hydrogen-bond acceptors (Lipinski definition) is 6. The highest BCUT2D eigenvalue weighted by Gasteiger charge is 2.31. The second kappa shape index (κ2) is 10.3. The Morgan fingerprint density at radius 1 is 1.20 bits per heavy atom. The third-order valence-electron chi connectivity index (χ3n) is 5.00. The molecule has 1 fully saturated rings. The van der Waals surface area contributed by atoms with E-state index in [4.69, 9.17) is 19.4 Å². The number of imidazole rings is 1. The highest BCUT2D eigenvalue weighted by molar-refractivity contribution is 5.89. The first kappa shape index (κ1) is 21.2. The van der Waals surface area contributed by atoms with Gasteiger partial charge in [0.05, 0.1) is 31.9 Å². The maximum absolute atomic E-state index is 11.6. The molecule has 0 amide bonds. The molecule has 0 radical (unpaired) electrons. The summed E-state index contributed by atoms with van der Waals surface area (Å²) < 4.78 is 12.7. The number of methoxy groups -OCH3 is 1. The average molecular weight is 409 g/mol. The first-order valence-corrected chi connectivity index (χ1v) is 9.44. The van der Waals surface area contributed by atoms with E-state index in [0.717, 1.165) is 24.4 Å². The van der Waals surface area contributed by atoms with Crippen molar-refractivity contribution in [1.29, 1.82) is 0 Å². The Morgan fingerprint density at radius 2 is 1.90 bits per heavy atom. The minimum Gasteiger partial charge on any atom is -0.483 e. The Balaban J connectivity index is 0.000000806. The molecule has 156 valence electrons. The molecule has 2 atom stereocenters. The summed E-state index contributed by atoms with van der Waals surface area (Å²) in [5, 5.41) is 6.89. The standard InChI is InChI=1S/C21H21N3O3.CH2O2/c1-26-21(25)17-4-2-16(3-5-17)20-23-10-11-24(20)19-14-27-13-18(19)12-15-6-8-22-9-7-15;2-1-3/h2-11,18-19H,12-14H2,1H3;1H,(H,2,3)/t18-,19+;/m0./s1. The van der Waals surface area contributed by atoms with Crippen LogP contribution < -0.4 is 0 Å². The number of carboxylic acid groups (broad SMARTS) is 1. The first-order chi connectivity index (χ1) is 14.7. The summed E-state index contributed by atoms with van der Waals surface area (Å²) in [5.74, 6) is 0.905. The third-order valence-corrected chi connectivity index (χ3v) is 5.00. The van der Waals surface area contributed by atoms with Crippen molar-refractivity contribution in [2.45, 2.75) is 12.5 Å². The maximum atomic E-state index is 11.6. The van der Waals surface area contributed by atoms with Gasteiger partial charge in [-0.15, -0.1) is 0 Å². The predicted molar refractivity (Wildman–Crippen MR) is 109 cm³/mol. The summed E-state index contributed by atoms with van der Waals surface area (Å²) in [6.07, 6.45) is 8.40. The van der Waals surface area contributed by atoms with Crippen LogP contribution in [0.4, 0.5) is 0 Å². The molecule has 0 bridgehead atoms. The number of carbonyl (C=O) groups excluding carboxylic acids is 1. The van der Waals surface area contributed by atoms with Crippen molar-refractivity contribution in [2.24, 2.45) is 5.92 Å². The van der Waals surface area contributed by atoms with Crippen LogP contribution in [0.2, 0.25) is 0 Å². The molecule has 0 spiro atoms. The van der Waals surface area contributed by atoms with E-state index in [1.165, 1.54) is 12.7 Å². The van der Waals surface area contributed by atoms with Gasteiger partial charge in [0.2, 0.25) is 0 Å². The Hall–Kier alpha value is -3.52. The lowest BCUT2D eigenvalue weighted by atomic mass is 9.95. The van der Waals surface area contributed by atoms with Crippen LogP contribution in [0, 0.1) is 5.92 Å². The molecule has 1 N–H and O–H groups in total. The van der Waals surface area contributed by atoms with E-state index < -0.39 is 0 Å². The largest absolute Gasteiger partial charge is 0.483 e. The lowest BCUT2D eigenvalue weighted by Crippen LogP contribution is -2.20. The third kappa shape index (κ3) is 4.90. The molecule has 8 nitrogen and oxygen atoms in total. The lowest BCUT2D eigenvalue weighted by Gasteiger charge is -2.21. The Morgan fingerprint density at radius 3 is 2.57 bits per heavy atom. The Bertz CT molecular complexity index is 956. The van der Waals surface area contributed by atoms with Crippen LogP contribution in [-0.4, -0.2) is 52.4 Å². The minimum atomic E-state index is -0.341. The van der Waals surface area contributed by atoms with E-state index in [9.17, 15) is 4.79 Å². The normalized spacial score (nSPS) is 17.6. The number of carbonyl (C=O) groups is 2. The number of ether oxygens (including phenoxy) is 2. The molecule has 4 rings (SSSR count). The highest BCUT2D eigenvalue weighted by atomic mass is 16.5. The van der Waals surface area contributed by atoms with Gasteiger partial charge in [-0.3, -0.25) is 9.78 Å². The number of rotatable bonds is 5. The lowest BCUT2D eigenvalue weighted by molar-refractivity contribution is -0.122. The van der Waals surface area contributed by atoms with Crippen LogP contribution in [-0.2, 0) is 20.7 Å². The van der Waals surface area contributed by atoms with Crippen molar-refractivity contribution < 1.29 is 24.2 Å². The van der Waals surface area contributed by atoms with Crippen LogP contribution in [0.15, 0.2) is 61.2 Å². The van der Waals surface area contributed by atoms with Crippen LogP contribution in [0.1, 0.15) is 22.0 Å². The monoisotopic (exact) mass is 409 g/mol. The van der Waals surface area contributed by atoms with Gasteiger partial charge in [0.25, 0.3) is 6.47 Å². The zero-order chi connectivity index (χ0) is 21.3. The predicted octanol–water partition coefficient (Wildman–Crippen LogP) is 2.86. The van der Waals surface area contributed by atoms with Crippen molar-refractivity contribution in [3.63, 3.8) is 0 Å². The Labute approximate surface area is 174 Å². The molecular formula is C22H23N3O5.